The molecule has 0 aliphatic heterocycles. The number of carbonyl (C=O) groups is 1. The maximum absolute atomic E-state index is 12.8. The number of amides is 1. The van der Waals surface area contributed by atoms with Gasteiger partial charge >= 0.3 is 0 Å². The molecule has 2 aromatic carbocycles. The highest BCUT2D eigenvalue weighted by atomic mass is 16.1. The molecule has 0 fully saturated rings. The zero-order valence-corrected chi connectivity index (χ0v) is 19.8. The Morgan fingerprint density at radius 3 is 2.31 bits per heavy atom. The van der Waals surface area contributed by atoms with Gasteiger partial charge in [0.05, 0.1) is 5.69 Å². The lowest BCUT2D eigenvalue weighted by molar-refractivity contribution is 0.102. The Bertz CT molecular complexity index is 1500. The molecule has 0 aliphatic rings. The molecule has 3 heterocycles. The van der Waals surface area contributed by atoms with Crippen LogP contribution in [0.5, 0.6) is 0 Å². The molecule has 9 heteroatoms. The van der Waals surface area contributed by atoms with E-state index in [1.807, 2.05) is 80.7 Å². The van der Waals surface area contributed by atoms with E-state index >= 15 is 0 Å². The number of rotatable bonds is 7. The predicted octanol–water partition coefficient (Wildman–Crippen LogP) is 5.41. The van der Waals surface area contributed by atoms with Crippen LogP contribution in [0.4, 0.5) is 28.8 Å². The van der Waals surface area contributed by atoms with Crippen LogP contribution in [0.3, 0.4) is 0 Å². The van der Waals surface area contributed by atoms with Crippen LogP contribution < -0.4 is 16.0 Å². The number of hydrogen-bond acceptors (Lipinski definition) is 7. The molecular weight excluding hydrogens is 452 g/mol. The maximum atomic E-state index is 12.8. The lowest BCUT2D eigenvalue weighted by atomic mass is 10.2. The SMILES string of the molecule is Cc1ccnc(Nc2cc(Nc3ccc(NC(=O)c4cccc(-n5cccn5)c4)cc3)nc(C)n2)c1. The molecular formula is C27H24N8O. The molecule has 0 saturated heterocycles. The number of pyridine rings is 1. The van der Waals surface area contributed by atoms with Crippen molar-refractivity contribution < 1.29 is 4.79 Å². The summed E-state index contributed by atoms with van der Waals surface area (Å²) >= 11 is 0. The van der Waals surface area contributed by atoms with Gasteiger partial charge in [0.1, 0.15) is 23.3 Å². The molecule has 0 saturated carbocycles. The molecule has 0 unspecified atom stereocenters. The Hall–Kier alpha value is -5.05. The van der Waals surface area contributed by atoms with E-state index in [-0.39, 0.29) is 5.91 Å². The number of benzene rings is 2. The minimum atomic E-state index is -0.198. The summed E-state index contributed by atoms with van der Waals surface area (Å²) in [5.41, 5.74) is 3.98. The van der Waals surface area contributed by atoms with E-state index < -0.39 is 0 Å². The zero-order valence-electron chi connectivity index (χ0n) is 19.8. The molecule has 5 rings (SSSR count). The summed E-state index contributed by atoms with van der Waals surface area (Å²) in [6.07, 6.45) is 5.28. The zero-order chi connectivity index (χ0) is 24.9. The van der Waals surface area contributed by atoms with Crippen molar-refractivity contribution in [2.24, 2.45) is 0 Å². The summed E-state index contributed by atoms with van der Waals surface area (Å²) in [7, 11) is 0. The van der Waals surface area contributed by atoms with Gasteiger partial charge in [-0.25, -0.2) is 19.6 Å². The first kappa shape index (κ1) is 22.7. The Morgan fingerprint density at radius 2 is 1.56 bits per heavy atom. The van der Waals surface area contributed by atoms with Gasteiger partial charge in [0.2, 0.25) is 0 Å². The molecule has 36 heavy (non-hydrogen) atoms. The van der Waals surface area contributed by atoms with E-state index in [4.69, 9.17) is 0 Å². The van der Waals surface area contributed by atoms with Crippen molar-refractivity contribution in [3.05, 3.63) is 108 Å². The van der Waals surface area contributed by atoms with E-state index in [1.54, 1.807) is 29.2 Å². The van der Waals surface area contributed by atoms with E-state index in [0.717, 1.165) is 16.9 Å². The second kappa shape index (κ2) is 10.1. The van der Waals surface area contributed by atoms with Gasteiger partial charge in [-0.2, -0.15) is 5.10 Å². The monoisotopic (exact) mass is 476 g/mol. The Kier molecular flexibility index (Phi) is 6.35. The summed E-state index contributed by atoms with van der Waals surface area (Å²) in [6.45, 7) is 3.84. The van der Waals surface area contributed by atoms with Crippen LogP contribution in [0, 0.1) is 13.8 Å². The van der Waals surface area contributed by atoms with Crippen LogP contribution in [-0.4, -0.2) is 30.6 Å². The van der Waals surface area contributed by atoms with Crippen LogP contribution in [-0.2, 0) is 0 Å². The molecule has 1 amide bonds. The number of hydrogen-bond donors (Lipinski definition) is 3. The van der Waals surface area contributed by atoms with Crippen LogP contribution in [0.15, 0.2) is 91.4 Å². The minimum Gasteiger partial charge on any atom is -0.340 e. The average Bonchev–Trinajstić information content (AvgIpc) is 3.40. The quantitative estimate of drug-likeness (QED) is 0.288. The first-order valence-corrected chi connectivity index (χ1v) is 11.4. The Labute approximate surface area is 208 Å². The molecule has 3 N–H and O–H groups in total. The average molecular weight is 477 g/mol. The number of carbonyl (C=O) groups excluding carboxylic acids is 1. The third-order valence-corrected chi connectivity index (χ3v) is 5.30. The summed E-state index contributed by atoms with van der Waals surface area (Å²) in [6, 6.07) is 22.3. The van der Waals surface area contributed by atoms with Gasteiger partial charge in [0.15, 0.2) is 0 Å². The van der Waals surface area contributed by atoms with Gasteiger partial charge in [-0.3, -0.25) is 4.79 Å². The summed E-state index contributed by atoms with van der Waals surface area (Å²) < 4.78 is 1.71. The predicted molar refractivity (Wildman–Crippen MR) is 140 cm³/mol. The second-order valence-corrected chi connectivity index (χ2v) is 8.19. The molecule has 5 aromatic rings. The Morgan fingerprint density at radius 1 is 0.778 bits per heavy atom. The van der Waals surface area contributed by atoms with Gasteiger partial charge in [0, 0.05) is 41.6 Å². The maximum Gasteiger partial charge on any atom is 0.255 e. The lowest BCUT2D eigenvalue weighted by Crippen LogP contribution is -2.12. The number of aryl methyl sites for hydroxylation is 2. The minimum absolute atomic E-state index is 0.198. The third-order valence-electron chi connectivity index (χ3n) is 5.30. The summed E-state index contributed by atoms with van der Waals surface area (Å²) in [4.78, 5) is 26.0. The first-order chi connectivity index (χ1) is 17.5. The Balaban J connectivity index is 1.25. The molecule has 3 aromatic heterocycles. The highest BCUT2D eigenvalue weighted by Gasteiger charge is 2.09. The first-order valence-electron chi connectivity index (χ1n) is 11.4. The van der Waals surface area contributed by atoms with Gasteiger partial charge in [-0.05, 0) is 80.1 Å². The topological polar surface area (TPSA) is 110 Å². The molecule has 0 radical (unpaired) electrons. The number of aromatic nitrogens is 5. The van der Waals surface area contributed by atoms with Crippen molar-refractivity contribution in [3.8, 4) is 5.69 Å². The fourth-order valence-electron chi connectivity index (χ4n) is 3.63. The van der Waals surface area contributed by atoms with Crippen LogP contribution in [0.1, 0.15) is 21.7 Å². The fourth-order valence-corrected chi connectivity index (χ4v) is 3.63. The standard InChI is InChI=1S/C27H24N8O/c1-18-11-13-28-24(15-18)34-26-17-25(30-19(2)31-26)32-21-7-9-22(10-8-21)33-27(36)20-5-3-6-23(16-20)35-14-4-12-29-35/h3-17H,1-2H3,(H,33,36)(H2,28,30,31,32,34). The molecule has 0 spiro atoms. The number of nitrogens with one attached hydrogen (secondary N) is 3. The third kappa shape index (κ3) is 5.53. The molecule has 178 valence electrons. The smallest absolute Gasteiger partial charge is 0.255 e. The molecule has 9 nitrogen and oxygen atoms in total. The summed E-state index contributed by atoms with van der Waals surface area (Å²) in [5.74, 6) is 2.43. The van der Waals surface area contributed by atoms with Crippen LogP contribution in [0.2, 0.25) is 0 Å². The lowest BCUT2D eigenvalue weighted by Gasteiger charge is -2.11. The van der Waals surface area contributed by atoms with Gasteiger partial charge in [-0.1, -0.05) is 6.07 Å². The normalized spacial score (nSPS) is 10.6. The van der Waals surface area contributed by atoms with Crippen molar-refractivity contribution in [1.29, 1.82) is 0 Å². The van der Waals surface area contributed by atoms with Gasteiger partial charge < -0.3 is 16.0 Å². The van der Waals surface area contributed by atoms with Crippen molar-refractivity contribution in [1.82, 2.24) is 24.7 Å². The van der Waals surface area contributed by atoms with Gasteiger partial charge in [0.25, 0.3) is 5.91 Å². The highest BCUT2D eigenvalue weighted by molar-refractivity contribution is 6.04. The van der Waals surface area contributed by atoms with E-state index in [1.165, 1.54) is 0 Å². The number of anilines is 5. The van der Waals surface area contributed by atoms with Crippen LogP contribution >= 0.6 is 0 Å². The van der Waals surface area contributed by atoms with E-state index in [2.05, 4.69) is 36.0 Å². The number of nitrogens with zero attached hydrogens (tertiary/aromatic N) is 5. The second-order valence-electron chi connectivity index (χ2n) is 8.19. The van der Waals surface area contributed by atoms with Crippen molar-refractivity contribution >= 4 is 34.7 Å². The largest absolute Gasteiger partial charge is 0.340 e. The van der Waals surface area contributed by atoms with Crippen molar-refractivity contribution in [3.63, 3.8) is 0 Å². The molecule has 0 aliphatic carbocycles. The van der Waals surface area contributed by atoms with Crippen molar-refractivity contribution in [2.45, 2.75) is 13.8 Å². The van der Waals surface area contributed by atoms with E-state index in [0.29, 0.717) is 34.5 Å². The molecule has 0 bridgehead atoms. The molecule has 0 atom stereocenters. The highest BCUT2D eigenvalue weighted by Crippen LogP contribution is 2.22. The fraction of sp³-hybridized carbons (Fsp3) is 0.0741. The van der Waals surface area contributed by atoms with Crippen LogP contribution in [0.25, 0.3) is 5.69 Å². The van der Waals surface area contributed by atoms with Crippen molar-refractivity contribution in [2.75, 3.05) is 16.0 Å². The summed E-state index contributed by atoms with van der Waals surface area (Å²) in [5, 5.41) is 13.6. The van der Waals surface area contributed by atoms with Gasteiger partial charge in [-0.15, -0.1) is 0 Å². The van der Waals surface area contributed by atoms with E-state index in [9.17, 15) is 4.79 Å².